The molecular formula is C21H30N4O4. The molecular weight excluding hydrogens is 372 g/mol. The highest BCUT2D eigenvalue weighted by molar-refractivity contribution is 6.01. The minimum atomic E-state index is -1.06. The Hall–Kier alpha value is -2.90. The lowest BCUT2D eigenvalue weighted by molar-refractivity contribution is -0.147. The summed E-state index contributed by atoms with van der Waals surface area (Å²) in [5, 5.41) is 19.7. The van der Waals surface area contributed by atoms with E-state index in [9.17, 15) is 19.5 Å². The van der Waals surface area contributed by atoms with Crippen molar-refractivity contribution in [2.75, 3.05) is 14.1 Å². The lowest BCUT2D eigenvalue weighted by atomic mass is 9.83. The van der Waals surface area contributed by atoms with Crippen LogP contribution in [0.1, 0.15) is 43.2 Å². The highest BCUT2D eigenvalue weighted by atomic mass is 16.4. The Labute approximate surface area is 171 Å². The number of carboxylic acid groups (broad SMARTS) is 1. The minimum absolute atomic E-state index is 0.0630. The molecule has 8 heteroatoms. The van der Waals surface area contributed by atoms with E-state index in [1.165, 1.54) is 4.90 Å². The molecule has 0 spiro atoms. The highest BCUT2D eigenvalue weighted by Gasteiger charge is 2.35. The van der Waals surface area contributed by atoms with Crippen molar-refractivity contribution in [2.24, 2.45) is 17.6 Å². The molecule has 2 rings (SSSR count). The maximum atomic E-state index is 13.0. The van der Waals surface area contributed by atoms with Crippen LogP contribution in [0.3, 0.4) is 0 Å². The van der Waals surface area contributed by atoms with Gasteiger partial charge in [0.25, 0.3) is 0 Å². The maximum Gasteiger partial charge on any atom is 0.326 e. The van der Waals surface area contributed by atoms with Crippen LogP contribution in [-0.2, 0) is 20.8 Å². The zero-order valence-electron chi connectivity index (χ0n) is 17.0. The van der Waals surface area contributed by atoms with E-state index < -0.39 is 23.8 Å². The summed E-state index contributed by atoms with van der Waals surface area (Å²) in [6, 6.07) is 5.77. The van der Waals surface area contributed by atoms with Gasteiger partial charge in [-0.15, -0.1) is 0 Å². The van der Waals surface area contributed by atoms with Gasteiger partial charge in [0.1, 0.15) is 17.8 Å². The summed E-state index contributed by atoms with van der Waals surface area (Å²) in [7, 11) is 3.13. The van der Waals surface area contributed by atoms with Gasteiger partial charge in [0, 0.05) is 19.7 Å². The molecule has 1 unspecified atom stereocenters. The molecule has 0 aliphatic heterocycles. The first-order valence-corrected chi connectivity index (χ1v) is 9.88. The Bertz CT molecular complexity index is 754. The zero-order chi connectivity index (χ0) is 21.6. The van der Waals surface area contributed by atoms with Gasteiger partial charge in [0.05, 0.1) is 0 Å². The minimum Gasteiger partial charge on any atom is -0.480 e. The summed E-state index contributed by atoms with van der Waals surface area (Å²) in [6.45, 7) is 0. The first-order valence-electron chi connectivity index (χ1n) is 9.88. The third kappa shape index (κ3) is 6.04. The number of amidine groups is 1. The topological polar surface area (TPSA) is 137 Å². The number of hydrogen-bond acceptors (Lipinski definition) is 4. The van der Waals surface area contributed by atoms with Crippen LogP contribution in [-0.4, -0.2) is 53.8 Å². The fourth-order valence-corrected chi connectivity index (χ4v) is 3.76. The SMILES string of the molecule is CN(C)C(=O)C(Cc1ccc(C(=N)N)cc1)C(=O)N[C@H](C(=O)O)C1CCCCC1. The molecule has 29 heavy (non-hydrogen) atoms. The number of aliphatic carboxylic acids is 1. The molecule has 5 N–H and O–H groups in total. The number of nitrogen functional groups attached to an aromatic ring is 1. The van der Waals surface area contributed by atoms with Crippen molar-refractivity contribution in [1.29, 1.82) is 5.41 Å². The number of carboxylic acids is 1. The predicted octanol–water partition coefficient (Wildman–Crippen LogP) is 1.37. The van der Waals surface area contributed by atoms with Gasteiger partial charge in [-0.3, -0.25) is 15.0 Å². The number of rotatable bonds is 8. The Kier molecular flexibility index (Phi) is 7.75. The predicted molar refractivity (Wildman–Crippen MR) is 109 cm³/mol. The summed E-state index contributed by atoms with van der Waals surface area (Å²) < 4.78 is 0. The molecule has 0 bridgehead atoms. The van der Waals surface area contributed by atoms with E-state index in [-0.39, 0.29) is 24.1 Å². The average molecular weight is 402 g/mol. The molecule has 1 aliphatic rings. The number of nitrogens with one attached hydrogen (secondary N) is 2. The van der Waals surface area contributed by atoms with Gasteiger partial charge < -0.3 is 21.1 Å². The second kappa shape index (κ2) is 10.0. The maximum absolute atomic E-state index is 13.0. The molecule has 1 saturated carbocycles. The highest BCUT2D eigenvalue weighted by Crippen LogP contribution is 2.27. The quantitative estimate of drug-likeness (QED) is 0.296. The van der Waals surface area contributed by atoms with Gasteiger partial charge >= 0.3 is 5.97 Å². The first-order chi connectivity index (χ1) is 13.7. The Balaban J connectivity index is 2.18. The molecule has 2 amide bonds. The van der Waals surface area contributed by atoms with E-state index in [1.807, 2.05) is 0 Å². The van der Waals surface area contributed by atoms with E-state index in [2.05, 4.69) is 5.32 Å². The molecule has 0 heterocycles. The Morgan fingerprint density at radius 3 is 2.24 bits per heavy atom. The Morgan fingerprint density at radius 2 is 1.76 bits per heavy atom. The fraction of sp³-hybridized carbons (Fsp3) is 0.524. The zero-order valence-corrected chi connectivity index (χ0v) is 17.0. The summed E-state index contributed by atoms with van der Waals surface area (Å²) in [6.07, 6.45) is 4.64. The van der Waals surface area contributed by atoms with Crippen LogP contribution < -0.4 is 11.1 Å². The molecule has 8 nitrogen and oxygen atoms in total. The molecule has 2 atom stereocenters. The van der Waals surface area contributed by atoms with E-state index in [0.717, 1.165) is 37.7 Å². The van der Waals surface area contributed by atoms with Crippen molar-refractivity contribution < 1.29 is 19.5 Å². The van der Waals surface area contributed by atoms with Crippen molar-refractivity contribution in [2.45, 2.75) is 44.6 Å². The number of nitrogens with two attached hydrogens (primary N) is 1. The van der Waals surface area contributed by atoms with E-state index in [4.69, 9.17) is 11.1 Å². The molecule has 158 valence electrons. The smallest absolute Gasteiger partial charge is 0.326 e. The third-order valence-electron chi connectivity index (χ3n) is 5.45. The van der Waals surface area contributed by atoms with Gasteiger partial charge in [0.15, 0.2) is 0 Å². The fourth-order valence-electron chi connectivity index (χ4n) is 3.76. The average Bonchev–Trinajstić information content (AvgIpc) is 2.70. The molecule has 1 aliphatic carbocycles. The van der Waals surface area contributed by atoms with Gasteiger partial charge in [-0.05, 0) is 30.7 Å². The lowest BCUT2D eigenvalue weighted by Gasteiger charge is -2.29. The summed E-state index contributed by atoms with van der Waals surface area (Å²) >= 11 is 0. The van der Waals surface area contributed by atoms with Crippen molar-refractivity contribution in [3.63, 3.8) is 0 Å². The van der Waals surface area contributed by atoms with Gasteiger partial charge in [-0.2, -0.15) is 0 Å². The third-order valence-corrected chi connectivity index (χ3v) is 5.45. The number of carbonyl (C=O) groups excluding carboxylic acids is 2. The number of carbonyl (C=O) groups is 3. The van der Waals surface area contributed by atoms with E-state index >= 15 is 0 Å². The molecule has 1 fully saturated rings. The first kappa shape index (κ1) is 22.4. The van der Waals surface area contributed by atoms with Crippen molar-refractivity contribution in [1.82, 2.24) is 10.2 Å². The van der Waals surface area contributed by atoms with Gasteiger partial charge in [-0.25, -0.2) is 4.79 Å². The second-order valence-corrected chi connectivity index (χ2v) is 7.82. The van der Waals surface area contributed by atoms with Crippen LogP contribution in [0.2, 0.25) is 0 Å². The summed E-state index contributed by atoms with van der Waals surface area (Å²) in [5.41, 5.74) is 6.74. The molecule has 0 saturated heterocycles. The van der Waals surface area contributed by atoms with Crippen LogP contribution in [0.4, 0.5) is 0 Å². The number of hydrogen-bond donors (Lipinski definition) is 4. The number of benzene rings is 1. The molecule has 1 aromatic rings. The standard InChI is InChI=1S/C21H30N4O4/c1-25(2)20(27)16(12-13-8-10-15(11-9-13)18(22)23)19(26)24-17(21(28)29)14-6-4-3-5-7-14/h8-11,14,16-17H,3-7,12H2,1-2H3,(H3,22,23)(H,24,26)(H,28,29)/t16?,17-/m0/s1. The Morgan fingerprint density at radius 1 is 1.17 bits per heavy atom. The van der Waals surface area contributed by atoms with Crippen LogP contribution in [0.5, 0.6) is 0 Å². The van der Waals surface area contributed by atoms with Crippen molar-refractivity contribution in [3.8, 4) is 0 Å². The van der Waals surface area contributed by atoms with Gasteiger partial charge in [0.2, 0.25) is 11.8 Å². The van der Waals surface area contributed by atoms with Crippen molar-refractivity contribution >= 4 is 23.6 Å². The largest absolute Gasteiger partial charge is 0.480 e. The van der Waals surface area contributed by atoms with E-state index in [0.29, 0.717) is 5.56 Å². The lowest BCUT2D eigenvalue weighted by Crippen LogP contribution is -2.51. The number of amides is 2. The van der Waals surface area contributed by atoms with Crippen LogP contribution >= 0.6 is 0 Å². The molecule has 0 aromatic heterocycles. The summed E-state index contributed by atoms with van der Waals surface area (Å²) in [5.74, 6) is -3.23. The van der Waals surface area contributed by atoms with Crippen LogP contribution in [0.25, 0.3) is 0 Å². The number of nitrogens with zero attached hydrogens (tertiary/aromatic N) is 1. The van der Waals surface area contributed by atoms with Crippen molar-refractivity contribution in [3.05, 3.63) is 35.4 Å². The van der Waals surface area contributed by atoms with Gasteiger partial charge in [-0.1, -0.05) is 43.5 Å². The van der Waals surface area contributed by atoms with Crippen LogP contribution in [0, 0.1) is 17.2 Å². The van der Waals surface area contributed by atoms with Crippen LogP contribution in [0.15, 0.2) is 24.3 Å². The van der Waals surface area contributed by atoms with E-state index in [1.54, 1.807) is 38.4 Å². The monoisotopic (exact) mass is 402 g/mol. The normalized spacial score (nSPS) is 16.5. The molecule has 0 radical (unpaired) electrons. The second-order valence-electron chi connectivity index (χ2n) is 7.82. The summed E-state index contributed by atoms with van der Waals surface area (Å²) in [4.78, 5) is 38.7. The molecule has 1 aromatic carbocycles.